The highest BCUT2D eigenvalue weighted by Gasteiger charge is 2.11. The standard InChI is InChI=1S/C6H5NO4S.C6H7NO2S/c8-7(9)5-3-1-2-4-6(5)12(10)11;8-10(9)7-6-4-2-1-3-5-6/h1-4H,(H,10,11);1-5,7H,(H,8,9)/p-2. The van der Waals surface area contributed by atoms with Gasteiger partial charge < -0.3 is 13.8 Å². The number of rotatable bonds is 4. The second kappa shape index (κ2) is 9.00. The van der Waals surface area contributed by atoms with Crippen LogP contribution in [0.25, 0.3) is 0 Å². The molecule has 8 nitrogen and oxygen atoms in total. The van der Waals surface area contributed by atoms with Crippen LogP contribution in [0.5, 0.6) is 0 Å². The summed E-state index contributed by atoms with van der Waals surface area (Å²) in [6.45, 7) is 0. The number of hydrogen-bond acceptors (Lipinski definition) is 6. The summed E-state index contributed by atoms with van der Waals surface area (Å²) in [5, 5.41) is 10.3. The Morgan fingerprint density at radius 1 is 0.909 bits per heavy atom. The molecule has 10 heteroatoms. The fraction of sp³-hybridized carbons (Fsp3) is 0. The van der Waals surface area contributed by atoms with E-state index < -0.39 is 33.0 Å². The summed E-state index contributed by atoms with van der Waals surface area (Å²) in [5.41, 5.74) is 0.182. The van der Waals surface area contributed by atoms with Crippen molar-refractivity contribution in [3.05, 3.63) is 64.7 Å². The van der Waals surface area contributed by atoms with Gasteiger partial charge in [-0.3, -0.25) is 18.5 Å². The quantitative estimate of drug-likeness (QED) is 0.510. The van der Waals surface area contributed by atoms with E-state index in [-0.39, 0.29) is 4.90 Å². The molecule has 2 aromatic rings. The molecule has 0 spiro atoms. The van der Waals surface area contributed by atoms with E-state index in [0.29, 0.717) is 5.69 Å². The van der Waals surface area contributed by atoms with Gasteiger partial charge in [0.05, 0.1) is 4.92 Å². The maximum Gasteiger partial charge on any atom is 0.284 e. The van der Waals surface area contributed by atoms with Crippen LogP contribution in [0.4, 0.5) is 11.4 Å². The normalized spacial score (nSPS) is 12.5. The van der Waals surface area contributed by atoms with Crippen LogP contribution in [0.3, 0.4) is 0 Å². The van der Waals surface area contributed by atoms with Crippen molar-refractivity contribution < 1.29 is 22.4 Å². The molecule has 2 rings (SSSR count). The van der Waals surface area contributed by atoms with Crippen molar-refractivity contribution in [2.75, 3.05) is 4.72 Å². The lowest BCUT2D eigenvalue weighted by Crippen LogP contribution is -2.01. The van der Waals surface area contributed by atoms with Gasteiger partial charge in [0.15, 0.2) is 0 Å². The van der Waals surface area contributed by atoms with Crippen molar-refractivity contribution in [2.24, 2.45) is 0 Å². The second-order valence-electron chi connectivity index (χ2n) is 3.66. The SMILES string of the molecule is O=S([O-])Nc1ccccc1.O=[N+]([O-])c1ccccc1S(=O)[O-]. The molecule has 0 fully saturated rings. The monoisotopic (exact) mass is 342 g/mol. The lowest BCUT2D eigenvalue weighted by Gasteiger charge is -2.06. The summed E-state index contributed by atoms with van der Waals surface area (Å²) in [5.74, 6) is 0. The van der Waals surface area contributed by atoms with Gasteiger partial charge in [0.1, 0.15) is 4.90 Å². The average Bonchev–Trinajstić information content (AvgIpc) is 2.48. The van der Waals surface area contributed by atoms with Crippen LogP contribution >= 0.6 is 0 Å². The van der Waals surface area contributed by atoms with Crippen LogP contribution < -0.4 is 4.72 Å². The van der Waals surface area contributed by atoms with Gasteiger partial charge in [-0.25, -0.2) is 0 Å². The fourth-order valence-electron chi connectivity index (χ4n) is 1.35. The van der Waals surface area contributed by atoms with Gasteiger partial charge in [0.25, 0.3) is 5.69 Å². The minimum absolute atomic E-state index is 0.289. The summed E-state index contributed by atoms with van der Waals surface area (Å²) in [7, 11) is 0. The Morgan fingerprint density at radius 2 is 1.45 bits per heavy atom. The Hall–Kier alpha value is -2.14. The van der Waals surface area contributed by atoms with Crippen molar-refractivity contribution in [3.63, 3.8) is 0 Å². The predicted octanol–water partition coefficient (Wildman–Crippen LogP) is 1.73. The minimum Gasteiger partial charge on any atom is -0.768 e. The van der Waals surface area contributed by atoms with E-state index in [1.807, 2.05) is 6.07 Å². The van der Waals surface area contributed by atoms with Crippen LogP contribution in [-0.2, 0) is 22.3 Å². The molecule has 0 aliphatic carbocycles. The number of benzene rings is 2. The number of nitro groups is 1. The summed E-state index contributed by atoms with van der Waals surface area (Å²) in [6, 6.07) is 13.9. The Balaban J connectivity index is 0.000000224. The molecule has 2 unspecified atom stereocenters. The van der Waals surface area contributed by atoms with Gasteiger partial charge >= 0.3 is 0 Å². The van der Waals surface area contributed by atoms with Crippen LogP contribution in [0.1, 0.15) is 0 Å². The zero-order chi connectivity index (χ0) is 16.5. The summed E-state index contributed by atoms with van der Waals surface area (Å²) in [6.07, 6.45) is 0. The average molecular weight is 342 g/mol. The van der Waals surface area contributed by atoms with E-state index in [4.69, 9.17) is 0 Å². The van der Waals surface area contributed by atoms with E-state index in [1.165, 1.54) is 18.2 Å². The van der Waals surface area contributed by atoms with E-state index in [1.54, 1.807) is 24.3 Å². The molecule has 0 aliphatic rings. The highest BCUT2D eigenvalue weighted by molar-refractivity contribution is 7.80. The number of nitro benzene ring substituents is 1. The molecule has 22 heavy (non-hydrogen) atoms. The van der Waals surface area contributed by atoms with Crippen molar-refractivity contribution in [1.29, 1.82) is 0 Å². The first-order chi connectivity index (χ1) is 10.4. The third-order valence-electron chi connectivity index (χ3n) is 2.22. The van der Waals surface area contributed by atoms with Crippen molar-refractivity contribution >= 4 is 33.7 Å². The van der Waals surface area contributed by atoms with Crippen molar-refractivity contribution in [3.8, 4) is 0 Å². The molecule has 1 N–H and O–H groups in total. The van der Waals surface area contributed by atoms with Gasteiger partial charge in [0, 0.05) is 23.0 Å². The molecule has 2 aromatic carbocycles. The topological polar surface area (TPSA) is 135 Å². The largest absolute Gasteiger partial charge is 0.768 e. The Labute approximate surface area is 131 Å². The molecule has 0 radical (unpaired) electrons. The summed E-state index contributed by atoms with van der Waals surface area (Å²) < 4.78 is 43.2. The Kier molecular flexibility index (Phi) is 7.32. The van der Waals surface area contributed by atoms with Crippen molar-refractivity contribution in [1.82, 2.24) is 0 Å². The molecule has 0 heterocycles. The number of para-hydroxylation sites is 2. The van der Waals surface area contributed by atoms with E-state index in [2.05, 4.69) is 4.72 Å². The summed E-state index contributed by atoms with van der Waals surface area (Å²) >= 11 is -4.77. The Bertz CT molecular complexity index is 647. The lowest BCUT2D eigenvalue weighted by molar-refractivity contribution is -0.387. The fourth-order valence-corrected chi connectivity index (χ4v) is 2.18. The van der Waals surface area contributed by atoms with Crippen LogP contribution in [0.15, 0.2) is 59.5 Å². The first kappa shape index (κ1) is 17.9. The van der Waals surface area contributed by atoms with Gasteiger partial charge in [-0.1, -0.05) is 30.3 Å². The molecular weight excluding hydrogens is 332 g/mol. The second-order valence-corrected chi connectivity index (χ2v) is 5.25. The number of nitrogens with one attached hydrogen (secondary N) is 1. The Morgan fingerprint density at radius 3 is 1.91 bits per heavy atom. The molecule has 0 bridgehead atoms. The first-order valence-corrected chi connectivity index (χ1v) is 7.80. The third kappa shape index (κ3) is 6.10. The zero-order valence-electron chi connectivity index (χ0n) is 10.9. The number of hydrogen-bond donors (Lipinski definition) is 1. The lowest BCUT2D eigenvalue weighted by atomic mass is 10.3. The van der Waals surface area contributed by atoms with Gasteiger partial charge in [-0.2, -0.15) is 0 Å². The molecule has 0 amide bonds. The number of anilines is 1. The van der Waals surface area contributed by atoms with E-state index in [0.717, 1.165) is 6.07 Å². The molecule has 0 saturated heterocycles. The van der Waals surface area contributed by atoms with E-state index in [9.17, 15) is 27.6 Å². The van der Waals surface area contributed by atoms with Gasteiger partial charge in [-0.15, -0.1) is 0 Å². The van der Waals surface area contributed by atoms with Crippen LogP contribution in [0, 0.1) is 10.1 Å². The smallest absolute Gasteiger partial charge is 0.284 e. The molecule has 0 aliphatic heterocycles. The summed E-state index contributed by atoms with van der Waals surface area (Å²) in [4.78, 5) is 9.24. The number of nitrogens with zero attached hydrogens (tertiary/aromatic N) is 1. The maximum absolute atomic E-state index is 10.4. The molecule has 118 valence electrons. The van der Waals surface area contributed by atoms with Gasteiger partial charge in [-0.05, 0) is 29.3 Å². The third-order valence-corrected chi connectivity index (χ3v) is 3.32. The molecular formula is C12H10N2O6S2-2. The van der Waals surface area contributed by atoms with E-state index >= 15 is 0 Å². The zero-order valence-corrected chi connectivity index (χ0v) is 12.5. The highest BCUT2D eigenvalue weighted by atomic mass is 32.2. The highest BCUT2D eigenvalue weighted by Crippen LogP contribution is 2.19. The predicted molar refractivity (Wildman–Crippen MR) is 79.3 cm³/mol. The van der Waals surface area contributed by atoms with Crippen LogP contribution in [0.2, 0.25) is 0 Å². The minimum atomic E-state index is -2.55. The first-order valence-electron chi connectivity index (χ1n) is 5.65. The molecule has 0 aromatic heterocycles. The maximum atomic E-state index is 10.4. The van der Waals surface area contributed by atoms with Crippen molar-refractivity contribution in [2.45, 2.75) is 4.90 Å². The molecule has 0 saturated carbocycles. The van der Waals surface area contributed by atoms with Crippen LogP contribution in [-0.4, -0.2) is 22.4 Å². The molecule has 2 atom stereocenters. The van der Waals surface area contributed by atoms with Gasteiger partial charge in [0.2, 0.25) is 0 Å².